The molecule has 1 heterocycles. The molecule has 0 spiro atoms. The van der Waals surface area contributed by atoms with Gasteiger partial charge in [0, 0.05) is 5.92 Å². The van der Waals surface area contributed by atoms with E-state index in [1.54, 1.807) is 37.3 Å². The molecule has 0 aliphatic carbocycles. The van der Waals surface area contributed by atoms with Crippen molar-refractivity contribution in [1.29, 1.82) is 0 Å². The molecule has 18 heavy (non-hydrogen) atoms. The molecule has 0 radical (unpaired) electrons. The molecule has 0 saturated heterocycles. The van der Waals surface area contributed by atoms with Gasteiger partial charge >= 0.3 is 5.97 Å². The van der Waals surface area contributed by atoms with Gasteiger partial charge in [0.1, 0.15) is 17.3 Å². The summed E-state index contributed by atoms with van der Waals surface area (Å²) in [5.74, 6) is -0.505. The fraction of sp³-hybridized carbons (Fsp3) is 0.214. The summed E-state index contributed by atoms with van der Waals surface area (Å²) >= 11 is 0. The monoisotopic (exact) mass is 248 g/mol. The Balaban J connectivity index is 2.26. The molecule has 1 unspecified atom stereocenters. The molecular weight excluding hydrogens is 235 g/mol. The molecular formula is C14H13FO3. The Bertz CT molecular complexity index is 560. The normalized spacial score (nSPS) is 12.3. The SMILES string of the molecule is CC(CC(=O)O)c1ccc(-c2ccccc2F)o1. The van der Waals surface area contributed by atoms with Crippen LogP contribution in [0.15, 0.2) is 40.8 Å². The topological polar surface area (TPSA) is 50.4 Å². The Kier molecular flexibility index (Phi) is 3.46. The molecule has 0 amide bonds. The maximum absolute atomic E-state index is 13.5. The van der Waals surface area contributed by atoms with E-state index in [9.17, 15) is 9.18 Å². The lowest BCUT2D eigenvalue weighted by molar-refractivity contribution is -0.137. The predicted octanol–water partition coefficient (Wildman–Crippen LogP) is 3.66. The molecule has 2 aromatic rings. The lowest BCUT2D eigenvalue weighted by atomic mass is 10.1. The molecule has 0 bridgehead atoms. The van der Waals surface area contributed by atoms with Crippen molar-refractivity contribution in [2.24, 2.45) is 0 Å². The van der Waals surface area contributed by atoms with E-state index < -0.39 is 5.97 Å². The molecule has 3 nitrogen and oxygen atoms in total. The van der Waals surface area contributed by atoms with E-state index in [0.29, 0.717) is 17.1 Å². The molecule has 94 valence electrons. The van der Waals surface area contributed by atoms with Crippen molar-refractivity contribution in [2.75, 3.05) is 0 Å². The van der Waals surface area contributed by atoms with Crippen LogP contribution in [0.25, 0.3) is 11.3 Å². The van der Waals surface area contributed by atoms with Crippen molar-refractivity contribution in [3.8, 4) is 11.3 Å². The highest BCUT2D eigenvalue weighted by Gasteiger charge is 2.15. The van der Waals surface area contributed by atoms with Gasteiger partial charge in [-0.25, -0.2) is 4.39 Å². The summed E-state index contributed by atoms with van der Waals surface area (Å²) in [4.78, 5) is 10.6. The highest BCUT2D eigenvalue weighted by Crippen LogP contribution is 2.29. The summed E-state index contributed by atoms with van der Waals surface area (Å²) in [5.41, 5.74) is 0.381. The van der Waals surface area contributed by atoms with Crippen LogP contribution in [-0.4, -0.2) is 11.1 Å². The molecule has 1 aromatic heterocycles. The van der Waals surface area contributed by atoms with E-state index in [1.807, 2.05) is 0 Å². The number of rotatable bonds is 4. The van der Waals surface area contributed by atoms with Gasteiger partial charge in [0.05, 0.1) is 12.0 Å². The van der Waals surface area contributed by atoms with Gasteiger partial charge in [0.25, 0.3) is 0 Å². The predicted molar refractivity (Wildman–Crippen MR) is 64.8 cm³/mol. The van der Waals surface area contributed by atoms with Crippen LogP contribution in [0, 0.1) is 5.82 Å². The number of carboxylic acid groups (broad SMARTS) is 1. The molecule has 1 atom stereocenters. The van der Waals surface area contributed by atoms with Crippen LogP contribution in [0.2, 0.25) is 0 Å². The van der Waals surface area contributed by atoms with E-state index in [4.69, 9.17) is 9.52 Å². The number of hydrogen-bond acceptors (Lipinski definition) is 2. The maximum atomic E-state index is 13.5. The van der Waals surface area contributed by atoms with Crippen LogP contribution in [0.1, 0.15) is 25.0 Å². The lowest BCUT2D eigenvalue weighted by Crippen LogP contribution is -2.01. The first-order chi connectivity index (χ1) is 8.58. The Morgan fingerprint density at radius 1 is 1.33 bits per heavy atom. The molecule has 4 heteroatoms. The molecule has 1 aromatic carbocycles. The zero-order chi connectivity index (χ0) is 13.1. The fourth-order valence-corrected chi connectivity index (χ4v) is 1.79. The summed E-state index contributed by atoms with van der Waals surface area (Å²) < 4.78 is 19.1. The van der Waals surface area contributed by atoms with Gasteiger partial charge in [-0.2, -0.15) is 0 Å². The number of furan rings is 1. The van der Waals surface area contributed by atoms with Gasteiger partial charge in [-0.1, -0.05) is 19.1 Å². The first-order valence-corrected chi connectivity index (χ1v) is 5.64. The van der Waals surface area contributed by atoms with Crippen molar-refractivity contribution in [1.82, 2.24) is 0 Å². The number of halogens is 1. The molecule has 0 fully saturated rings. The number of carboxylic acids is 1. The van der Waals surface area contributed by atoms with Crippen LogP contribution >= 0.6 is 0 Å². The minimum Gasteiger partial charge on any atom is -0.481 e. The second-order valence-corrected chi connectivity index (χ2v) is 4.18. The minimum absolute atomic E-state index is 0.00970. The van der Waals surface area contributed by atoms with Crippen molar-refractivity contribution >= 4 is 5.97 Å². The quantitative estimate of drug-likeness (QED) is 0.898. The Morgan fingerprint density at radius 2 is 2.06 bits per heavy atom. The van der Waals surface area contributed by atoms with Crippen LogP contribution in [0.3, 0.4) is 0 Å². The Labute approximate surface area is 104 Å². The fourth-order valence-electron chi connectivity index (χ4n) is 1.79. The zero-order valence-electron chi connectivity index (χ0n) is 9.89. The largest absolute Gasteiger partial charge is 0.481 e. The van der Waals surface area contributed by atoms with E-state index in [-0.39, 0.29) is 18.2 Å². The number of carbonyl (C=O) groups is 1. The molecule has 0 aliphatic rings. The van der Waals surface area contributed by atoms with Crippen LogP contribution in [-0.2, 0) is 4.79 Å². The average molecular weight is 248 g/mol. The third-order valence-corrected chi connectivity index (χ3v) is 2.73. The van der Waals surface area contributed by atoms with E-state index in [1.165, 1.54) is 6.07 Å². The van der Waals surface area contributed by atoms with Crippen LogP contribution < -0.4 is 0 Å². The first kappa shape index (κ1) is 12.4. The summed E-state index contributed by atoms with van der Waals surface area (Å²) in [7, 11) is 0. The lowest BCUT2D eigenvalue weighted by Gasteiger charge is -2.04. The highest BCUT2D eigenvalue weighted by molar-refractivity contribution is 5.68. The average Bonchev–Trinajstić information content (AvgIpc) is 2.78. The van der Waals surface area contributed by atoms with Gasteiger partial charge in [0.15, 0.2) is 0 Å². The van der Waals surface area contributed by atoms with Crippen molar-refractivity contribution in [2.45, 2.75) is 19.3 Å². The Hall–Kier alpha value is -2.10. The summed E-state index contributed by atoms with van der Waals surface area (Å²) in [5, 5.41) is 8.71. The summed E-state index contributed by atoms with van der Waals surface area (Å²) in [6.07, 6.45) is -0.00970. The third-order valence-electron chi connectivity index (χ3n) is 2.73. The van der Waals surface area contributed by atoms with Gasteiger partial charge in [-0.3, -0.25) is 4.79 Å². The van der Waals surface area contributed by atoms with E-state index in [2.05, 4.69) is 0 Å². The van der Waals surface area contributed by atoms with Gasteiger partial charge in [-0.15, -0.1) is 0 Å². The van der Waals surface area contributed by atoms with E-state index >= 15 is 0 Å². The van der Waals surface area contributed by atoms with Crippen LogP contribution in [0.4, 0.5) is 4.39 Å². The van der Waals surface area contributed by atoms with Crippen molar-refractivity contribution in [3.05, 3.63) is 48.0 Å². The molecule has 0 aliphatic heterocycles. The van der Waals surface area contributed by atoms with E-state index in [0.717, 1.165) is 0 Å². The zero-order valence-corrected chi connectivity index (χ0v) is 9.89. The summed E-state index contributed by atoms with van der Waals surface area (Å²) in [6, 6.07) is 9.66. The number of benzene rings is 1. The van der Waals surface area contributed by atoms with Crippen molar-refractivity contribution < 1.29 is 18.7 Å². The molecule has 0 saturated carbocycles. The number of hydrogen-bond donors (Lipinski definition) is 1. The smallest absolute Gasteiger partial charge is 0.304 e. The highest BCUT2D eigenvalue weighted by atomic mass is 19.1. The third kappa shape index (κ3) is 2.59. The van der Waals surface area contributed by atoms with Crippen LogP contribution in [0.5, 0.6) is 0 Å². The standard InChI is InChI=1S/C14H13FO3/c1-9(8-14(16)17)12-6-7-13(18-12)10-4-2-3-5-11(10)15/h2-7,9H,8H2,1H3,(H,16,17). The second-order valence-electron chi connectivity index (χ2n) is 4.18. The summed E-state index contributed by atoms with van der Waals surface area (Å²) in [6.45, 7) is 1.76. The first-order valence-electron chi connectivity index (χ1n) is 5.64. The van der Waals surface area contributed by atoms with Gasteiger partial charge in [0.2, 0.25) is 0 Å². The molecule has 1 N–H and O–H groups in total. The van der Waals surface area contributed by atoms with Gasteiger partial charge in [-0.05, 0) is 24.3 Å². The van der Waals surface area contributed by atoms with Gasteiger partial charge < -0.3 is 9.52 Å². The number of aliphatic carboxylic acids is 1. The maximum Gasteiger partial charge on any atom is 0.304 e. The second kappa shape index (κ2) is 5.04. The Morgan fingerprint density at radius 3 is 2.72 bits per heavy atom. The minimum atomic E-state index is -0.883. The van der Waals surface area contributed by atoms with Crippen molar-refractivity contribution in [3.63, 3.8) is 0 Å². The molecule has 2 rings (SSSR count).